The van der Waals surface area contributed by atoms with Gasteiger partial charge in [-0.05, 0) is 43.7 Å². The van der Waals surface area contributed by atoms with Gasteiger partial charge in [0, 0.05) is 35.3 Å². The molecule has 0 spiro atoms. The van der Waals surface area contributed by atoms with Crippen LogP contribution in [0.2, 0.25) is 0 Å². The molecule has 0 aliphatic rings. The molecule has 7 heteroatoms. The molecular formula is C19H18N4O3. The Morgan fingerprint density at radius 1 is 1.23 bits per heavy atom. The Bertz CT molecular complexity index is 934. The van der Waals surface area contributed by atoms with Crippen LogP contribution in [0.3, 0.4) is 0 Å². The average molecular weight is 350 g/mol. The summed E-state index contributed by atoms with van der Waals surface area (Å²) in [5.41, 5.74) is 2.80. The fraction of sp³-hybridized carbons (Fsp3) is 0.158. The van der Waals surface area contributed by atoms with E-state index in [1.54, 1.807) is 19.4 Å². The van der Waals surface area contributed by atoms with Crippen LogP contribution < -0.4 is 5.32 Å². The highest BCUT2D eigenvalue weighted by Crippen LogP contribution is 2.20. The average Bonchev–Trinajstić information content (AvgIpc) is 3.16. The molecule has 132 valence electrons. The zero-order valence-corrected chi connectivity index (χ0v) is 14.4. The van der Waals surface area contributed by atoms with Crippen molar-refractivity contribution in [1.82, 2.24) is 14.9 Å². The zero-order chi connectivity index (χ0) is 18.7. The van der Waals surface area contributed by atoms with Gasteiger partial charge in [0.25, 0.3) is 11.6 Å². The highest BCUT2D eigenvalue weighted by Gasteiger charge is 2.16. The first-order valence-electron chi connectivity index (χ1n) is 8.10. The number of aromatic nitrogens is 2. The minimum Gasteiger partial charge on any atom is -0.346 e. The van der Waals surface area contributed by atoms with Crippen molar-refractivity contribution in [3.05, 3.63) is 88.0 Å². The molecule has 0 saturated heterocycles. The first-order valence-corrected chi connectivity index (χ1v) is 8.10. The number of nitrogens with one attached hydrogen (secondary N) is 1. The molecule has 3 aromatic rings. The van der Waals surface area contributed by atoms with Gasteiger partial charge in [0.15, 0.2) is 0 Å². The third-order valence-electron chi connectivity index (χ3n) is 4.20. The quantitative estimate of drug-likeness (QED) is 0.562. The monoisotopic (exact) mass is 350 g/mol. The molecule has 1 amide bonds. The number of nitro benzene ring substituents is 1. The summed E-state index contributed by atoms with van der Waals surface area (Å²) in [5, 5.41) is 13.8. The molecule has 0 bridgehead atoms. The van der Waals surface area contributed by atoms with E-state index in [9.17, 15) is 14.9 Å². The molecule has 0 aliphatic heterocycles. The maximum Gasteiger partial charge on any atom is 0.272 e. The second-order valence-corrected chi connectivity index (χ2v) is 6.02. The predicted molar refractivity (Wildman–Crippen MR) is 97.3 cm³/mol. The number of hydrogen-bond acceptors (Lipinski definition) is 4. The van der Waals surface area contributed by atoms with Crippen LogP contribution >= 0.6 is 0 Å². The van der Waals surface area contributed by atoms with Crippen LogP contribution in [0.25, 0.3) is 5.69 Å². The third-order valence-corrected chi connectivity index (χ3v) is 4.20. The van der Waals surface area contributed by atoms with Crippen LogP contribution in [-0.2, 0) is 0 Å². The smallest absolute Gasteiger partial charge is 0.272 e. The Morgan fingerprint density at radius 2 is 1.96 bits per heavy atom. The summed E-state index contributed by atoms with van der Waals surface area (Å²) in [6.07, 6.45) is 5.29. The molecule has 1 unspecified atom stereocenters. The second kappa shape index (κ2) is 7.18. The van der Waals surface area contributed by atoms with Crippen LogP contribution in [0.1, 0.15) is 34.5 Å². The summed E-state index contributed by atoms with van der Waals surface area (Å²) in [5.74, 6) is -0.269. The summed E-state index contributed by atoms with van der Waals surface area (Å²) in [4.78, 5) is 26.9. The summed E-state index contributed by atoms with van der Waals surface area (Å²) in [6.45, 7) is 3.51. The van der Waals surface area contributed by atoms with Crippen LogP contribution in [-0.4, -0.2) is 20.4 Å². The van der Waals surface area contributed by atoms with Gasteiger partial charge in [-0.1, -0.05) is 12.1 Å². The van der Waals surface area contributed by atoms with Crippen molar-refractivity contribution < 1.29 is 9.72 Å². The van der Waals surface area contributed by atoms with E-state index in [1.807, 2.05) is 42.0 Å². The summed E-state index contributed by atoms with van der Waals surface area (Å²) >= 11 is 0. The third kappa shape index (κ3) is 3.61. The van der Waals surface area contributed by atoms with E-state index in [-0.39, 0.29) is 17.6 Å². The molecule has 2 aromatic carbocycles. The lowest BCUT2D eigenvalue weighted by Gasteiger charge is -2.15. The van der Waals surface area contributed by atoms with Gasteiger partial charge in [-0.15, -0.1) is 0 Å². The van der Waals surface area contributed by atoms with Crippen molar-refractivity contribution in [3.8, 4) is 5.69 Å². The van der Waals surface area contributed by atoms with Crippen molar-refractivity contribution in [2.45, 2.75) is 19.9 Å². The minimum absolute atomic E-state index is 0.00434. The number of imidazole rings is 1. The molecule has 1 atom stereocenters. The number of benzene rings is 2. The lowest BCUT2D eigenvalue weighted by molar-refractivity contribution is -0.385. The highest BCUT2D eigenvalue weighted by atomic mass is 16.6. The fourth-order valence-corrected chi connectivity index (χ4v) is 2.71. The van der Waals surface area contributed by atoms with E-state index in [2.05, 4.69) is 10.3 Å². The van der Waals surface area contributed by atoms with Gasteiger partial charge in [0.1, 0.15) is 0 Å². The van der Waals surface area contributed by atoms with E-state index < -0.39 is 4.92 Å². The molecule has 7 nitrogen and oxygen atoms in total. The maximum absolute atomic E-state index is 12.4. The first-order chi connectivity index (χ1) is 12.5. The van der Waals surface area contributed by atoms with Crippen LogP contribution in [0.15, 0.2) is 61.2 Å². The largest absolute Gasteiger partial charge is 0.346 e. The molecule has 26 heavy (non-hydrogen) atoms. The topological polar surface area (TPSA) is 90.1 Å². The Kier molecular flexibility index (Phi) is 4.79. The van der Waals surface area contributed by atoms with E-state index in [0.717, 1.165) is 11.3 Å². The van der Waals surface area contributed by atoms with Crippen LogP contribution in [0.5, 0.6) is 0 Å². The van der Waals surface area contributed by atoms with Crippen LogP contribution in [0.4, 0.5) is 5.69 Å². The predicted octanol–water partition coefficient (Wildman–Crippen LogP) is 3.58. The molecule has 3 rings (SSSR count). The standard InChI is InChI=1S/C19H18N4O3/c1-13-11-16(5-8-18(13)23(25)26)19(24)21-14(2)15-3-6-17(7-4-15)22-10-9-20-12-22/h3-12,14H,1-2H3,(H,21,24). The number of nitro groups is 1. The lowest BCUT2D eigenvalue weighted by Crippen LogP contribution is -2.26. The minimum atomic E-state index is -0.457. The van der Waals surface area contributed by atoms with Gasteiger partial charge < -0.3 is 9.88 Å². The molecule has 0 saturated carbocycles. The number of aryl methyl sites for hydroxylation is 1. The van der Waals surface area contributed by atoms with Gasteiger partial charge in [-0.3, -0.25) is 14.9 Å². The van der Waals surface area contributed by atoms with Crippen molar-refractivity contribution >= 4 is 11.6 Å². The molecule has 0 radical (unpaired) electrons. The summed E-state index contributed by atoms with van der Waals surface area (Å²) < 4.78 is 1.90. The second-order valence-electron chi connectivity index (χ2n) is 6.02. The number of rotatable bonds is 5. The Balaban J connectivity index is 1.71. The molecule has 1 N–H and O–H groups in total. The summed E-state index contributed by atoms with van der Waals surface area (Å²) in [7, 11) is 0. The van der Waals surface area contributed by atoms with Crippen molar-refractivity contribution in [3.63, 3.8) is 0 Å². The normalized spacial score (nSPS) is 11.8. The SMILES string of the molecule is Cc1cc(C(=O)NC(C)c2ccc(-n3ccnc3)cc2)ccc1[N+](=O)[O-]. The molecule has 1 heterocycles. The first kappa shape index (κ1) is 17.3. The Labute approximate surface area is 150 Å². The highest BCUT2D eigenvalue weighted by molar-refractivity contribution is 5.95. The van der Waals surface area contributed by atoms with E-state index in [1.165, 1.54) is 18.2 Å². The van der Waals surface area contributed by atoms with Crippen LogP contribution in [0, 0.1) is 17.0 Å². The van der Waals surface area contributed by atoms with E-state index in [0.29, 0.717) is 11.1 Å². The van der Waals surface area contributed by atoms with E-state index >= 15 is 0 Å². The van der Waals surface area contributed by atoms with Gasteiger partial charge in [0.2, 0.25) is 0 Å². The molecular weight excluding hydrogens is 332 g/mol. The van der Waals surface area contributed by atoms with Gasteiger partial charge in [0.05, 0.1) is 17.3 Å². The maximum atomic E-state index is 12.4. The van der Waals surface area contributed by atoms with Gasteiger partial charge in [-0.2, -0.15) is 0 Å². The van der Waals surface area contributed by atoms with Crippen molar-refractivity contribution in [2.24, 2.45) is 0 Å². The Hall–Kier alpha value is -3.48. The molecule has 1 aromatic heterocycles. The number of carbonyl (C=O) groups is 1. The molecule has 0 fully saturated rings. The molecule has 0 aliphatic carbocycles. The van der Waals surface area contributed by atoms with E-state index in [4.69, 9.17) is 0 Å². The Morgan fingerprint density at radius 3 is 2.54 bits per heavy atom. The number of carbonyl (C=O) groups excluding carboxylic acids is 1. The van der Waals surface area contributed by atoms with Gasteiger partial charge >= 0.3 is 0 Å². The van der Waals surface area contributed by atoms with Crippen molar-refractivity contribution in [1.29, 1.82) is 0 Å². The fourth-order valence-electron chi connectivity index (χ4n) is 2.71. The lowest BCUT2D eigenvalue weighted by atomic mass is 10.1. The zero-order valence-electron chi connectivity index (χ0n) is 14.4. The summed E-state index contributed by atoms with van der Waals surface area (Å²) in [6, 6.07) is 12.0. The number of hydrogen-bond donors (Lipinski definition) is 1. The number of nitrogens with zero attached hydrogens (tertiary/aromatic N) is 3. The van der Waals surface area contributed by atoms with Gasteiger partial charge in [-0.25, -0.2) is 4.98 Å². The number of amides is 1. The van der Waals surface area contributed by atoms with Crippen molar-refractivity contribution in [2.75, 3.05) is 0 Å².